The van der Waals surface area contributed by atoms with E-state index in [9.17, 15) is 19.1 Å². The SMILES string of the molecule is C.N[C@@H]1CN(c2c(F)cc3c(=O)c(C(=O)O)cn([C@@H]4C[C@@H]4F)c3c2Cl)CC12CC2. The van der Waals surface area contributed by atoms with E-state index in [4.69, 9.17) is 17.3 Å². The summed E-state index contributed by atoms with van der Waals surface area (Å²) >= 11 is 6.56. The number of benzene rings is 1. The van der Waals surface area contributed by atoms with Crippen molar-refractivity contribution in [2.24, 2.45) is 11.1 Å². The molecule has 1 aliphatic heterocycles. The molecule has 0 unspecified atom stereocenters. The minimum absolute atomic E-state index is 0. The average molecular weight is 426 g/mol. The zero-order valence-corrected chi connectivity index (χ0v) is 15.5. The topological polar surface area (TPSA) is 88.6 Å². The van der Waals surface area contributed by atoms with E-state index in [1.54, 1.807) is 4.90 Å². The summed E-state index contributed by atoms with van der Waals surface area (Å²) in [6, 6.07) is 0.308. The lowest BCUT2D eigenvalue weighted by Crippen LogP contribution is -2.30. The molecule has 3 atom stereocenters. The van der Waals surface area contributed by atoms with E-state index in [1.165, 1.54) is 4.57 Å². The molecular weight excluding hydrogens is 404 g/mol. The van der Waals surface area contributed by atoms with Gasteiger partial charge in [0.05, 0.1) is 27.7 Å². The molecule has 2 aliphatic carbocycles. The highest BCUT2D eigenvalue weighted by Crippen LogP contribution is 2.54. The third kappa shape index (κ3) is 2.84. The van der Waals surface area contributed by atoms with Crippen LogP contribution in [-0.4, -0.2) is 40.9 Å². The first kappa shape index (κ1) is 20.1. The Morgan fingerprint density at radius 2 is 2.03 bits per heavy atom. The molecule has 1 spiro atoms. The van der Waals surface area contributed by atoms with Crippen LogP contribution in [0.4, 0.5) is 14.5 Å². The summed E-state index contributed by atoms with van der Waals surface area (Å²) in [5.41, 5.74) is 5.15. The average Bonchev–Trinajstić information content (AvgIpc) is 3.51. The van der Waals surface area contributed by atoms with Crippen molar-refractivity contribution in [2.75, 3.05) is 18.0 Å². The molecule has 1 aromatic heterocycles. The van der Waals surface area contributed by atoms with Gasteiger partial charge in [0.25, 0.3) is 0 Å². The Labute approximate surface area is 170 Å². The minimum Gasteiger partial charge on any atom is -0.477 e. The molecule has 2 heterocycles. The molecule has 9 heteroatoms. The van der Waals surface area contributed by atoms with Gasteiger partial charge >= 0.3 is 5.97 Å². The van der Waals surface area contributed by atoms with Crippen LogP contribution in [0.15, 0.2) is 17.1 Å². The third-order valence-electron chi connectivity index (χ3n) is 6.37. The van der Waals surface area contributed by atoms with Gasteiger partial charge in [0.2, 0.25) is 5.43 Å². The van der Waals surface area contributed by atoms with Gasteiger partial charge in [-0.15, -0.1) is 0 Å². The highest BCUT2D eigenvalue weighted by Gasteiger charge is 2.54. The number of nitrogens with zero attached hydrogens (tertiary/aromatic N) is 2. The van der Waals surface area contributed by atoms with Crippen LogP contribution >= 0.6 is 11.6 Å². The number of aromatic carboxylic acids is 1. The normalized spacial score (nSPS) is 26.6. The van der Waals surface area contributed by atoms with Crippen molar-refractivity contribution in [1.82, 2.24) is 4.57 Å². The first-order chi connectivity index (χ1) is 13.2. The standard InChI is InChI=1S/C19H18ClF2N3O3.CH4/c20-14-15-8(17(26)9(18(27)28)5-25(15)12-4-10(12)21)3-11(22)16(14)24-6-13(23)19(7-24)1-2-19;/h3,5,10,12-13H,1-2,4,6-7,23H2,(H,27,28);1H4/t10-,12+,13+;/m0./s1. The molecule has 29 heavy (non-hydrogen) atoms. The van der Waals surface area contributed by atoms with E-state index in [0.29, 0.717) is 13.1 Å². The molecule has 2 saturated carbocycles. The highest BCUT2D eigenvalue weighted by molar-refractivity contribution is 6.38. The number of carboxylic acid groups (broad SMARTS) is 1. The van der Waals surface area contributed by atoms with Gasteiger partial charge in [-0.2, -0.15) is 0 Å². The Hall–Kier alpha value is -2.19. The fourth-order valence-electron chi connectivity index (χ4n) is 4.43. The Morgan fingerprint density at radius 3 is 2.55 bits per heavy atom. The van der Waals surface area contributed by atoms with E-state index in [2.05, 4.69) is 0 Å². The van der Waals surface area contributed by atoms with Gasteiger partial charge in [-0.1, -0.05) is 19.0 Å². The number of halogens is 3. The largest absolute Gasteiger partial charge is 0.477 e. The molecule has 3 N–H and O–H groups in total. The first-order valence-corrected chi connectivity index (χ1v) is 9.56. The lowest BCUT2D eigenvalue weighted by molar-refractivity contribution is 0.0694. The van der Waals surface area contributed by atoms with Crippen LogP contribution in [0.5, 0.6) is 0 Å². The first-order valence-electron chi connectivity index (χ1n) is 9.18. The summed E-state index contributed by atoms with van der Waals surface area (Å²) in [5, 5.41) is 9.16. The van der Waals surface area contributed by atoms with Gasteiger partial charge in [0, 0.05) is 37.2 Å². The number of nitrogens with two attached hydrogens (primary N) is 1. The second-order valence-corrected chi connectivity index (χ2v) is 8.55. The van der Waals surface area contributed by atoms with E-state index >= 15 is 4.39 Å². The van der Waals surface area contributed by atoms with Gasteiger partial charge in [-0.3, -0.25) is 4.79 Å². The minimum atomic E-state index is -1.45. The quantitative estimate of drug-likeness (QED) is 0.787. The van der Waals surface area contributed by atoms with Crippen LogP contribution in [0.2, 0.25) is 5.02 Å². The van der Waals surface area contributed by atoms with E-state index in [-0.39, 0.29) is 46.9 Å². The number of hydrogen-bond acceptors (Lipinski definition) is 4. The predicted octanol–water partition coefficient (Wildman–Crippen LogP) is 3.34. The van der Waals surface area contributed by atoms with Gasteiger partial charge in [-0.05, 0) is 18.9 Å². The number of rotatable bonds is 3. The fraction of sp³-hybridized carbons (Fsp3) is 0.500. The van der Waals surface area contributed by atoms with Crippen molar-refractivity contribution < 1.29 is 18.7 Å². The number of carbonyl (C=O) groups is 1. The van der Waals surface area contributed by atoms with Crippen molar-refractivity contribution in [3.8, 4) is 0 Å². The Morgan fingerprint density at radius 1 is 1.38 bits per heavy atom. The van der Waals surface area contributed by atoms with E-state index in [0.717, 1.165) is 25.1 Å². The number of aromatic nitrogens is 1. The fourth-order valence-corrected chi connectivity index (χ4v) is 4.84. The number of carboxylic acids is 1. The summed E-state index contributed by atoms with van der Waals surface area (Å²) in [4.78, 5) is 25.8. The van der Waals surface area contributed by atoms with Crippen LogP contribution < -0.4 is 16.1 Å². The van der Waals surface area contributed by atoms with Crippen LogP contribution in [0.3, 0.4) is 0 Å². The summed E-state index contributed by atoms with van der Waals surface area (Å²) < 4.78 is 30.2. The number of anilines is 1. The van der Waals surface area contributed by atoms with Crippen molar-refractivity contribution >= 4 is 34.2 Å². The molecule has 1 saturated heterocycles. The smallest absolute Gasteiger partial charge is 0.341 e. The monoisotopic (exact) mass is 425 g/mol. The van der Waals surface area contributed by atoms with Gasteiger partial charge in [-0.25, -0.2) is 13.6 Å². The number of pyridine rings is 1. The summed E-state index contributed by atoms with van der Waals surface area (Å²) in [5.74, 6) is -2.15. The van der Waals surface area contributed by atoms with Crippen molar-refractivity contribution in [1.29, 1.82) is 0 Å². The molecular formula is C20H22ClF2N3O3. The van der Waals surface area contributed by atoms with Crippen LogP contribution in [0.25, 0.3) is 10.9 Å². The molecule has 3 aliphatic rings. The maximum Gasteiger partial charge on any atom is 0.341 e. The molecule has 2 aromatic rings. The summed E-state index contributed by atoms with van der Waals surface area (Å²) in [6.07, 6.45) is 2.11. The summed E-state index contributed by atoms with van der Waals surface area (Å²) in [7, 11) is 0. The van der Waals surface area contributed by atoms with E-state index < -0.39 is 35.0 Å². The van der Waals surface area contributed by atoms with Crippen molar-refractivity contribution in [3.05, 3.63) is 38.9 Å². The lowest BCUT2D eigenvalue weighted by atomic mass is 10.0. The molecule has 5 rings (SSSR count). The van der Waals surface area contributed by atoms with Crippen molar-refractivity contribution in [3.63, 3.8) is 0 Å². The van der Waals surface area contributed by atoms with Crippen LogP contribution in [0, 0.1) is 11.2 Å². The zero-order chi connectivity index (χ0) is 20.0. The highest BCUT2D eigenvalue weighted by atomic mass is 35.5. The Kier molecular flexibility index (Phi) is 4.44. The Bertz CT molecular complexity index is 1100. The maximum absolute atomic E-state index is 15.0. The number of alkyl halides is 1. The molecule has 0 bridgehead atoms. The second-order valence-electron chi connectivity index (χ2n) is 8.17. The third-order valence-corrected chi connectivity index (χ3v) is 6.73. The molecule has 0 radical (unpaired) electrons. The number of fused-ring (bicyclic) bond motifs is 1. The van der Waals surface area contributed by atoms with Crippen LogP contribution in [-0.2, 0) is 0 Å². The zero-order valence-electron chi connectivity index (χ0n) is 14.8. The molecule has 1 aromatic carbocycles. The number of hydrogen-bond donors (Lipinski definition) is 2. The second kappa shape index (κ2) is 6.40. The van der Waals surface area contributed by atoms with Gasteiger partial charge in [0.1, 0.15) is 17.6 Å². The lowest BCUT2D eigenvalue weighted by Gasteiger charge is -2.23. The maximum atomic E-state index is 15.0. The van der Waals surface area contributed by atoms with Crippen LogP contribution in [0.1, 0.15) is 43.1 Å². The van der Waals surface area contributed by atoms with Crippen molar-refractivity contribution in [2.45, 2.75) is 44.9 Å². The molecule has 0 amide bonds. The summed E-state index contributed by atoms with van der Waals surface area (Å²) in [6.45, 7) is 1.01. The van der Waals surface area contributed by atoms with Gasteiger partial charge < -0.3 is 20.3 Å². The van der Waals surface area contributed by atoms with Gasteiger partial charge in [0.15, 0.2) is 0 Å². The Balaban J connectivity index is 0.00000205. The predicted molar refractivity (Wildman–Crippen MR) is 107 cm³/mol. The molecule has 6 nitrogen and oxygen atoms in total. The molecule has 156 valence electrons. The molecule has 3 fully saturated rings. The van der Waals surface area contributed by atoms with E-state index in [1.807, 2.05) is 0 Å².